The number of hydrogen-bond acceptors (Lipinski definition) is 5. The highest BCUT2D eigenvalue weighted by Crippen LogP contribution is 2.40. The fourth-order valence-electron chi connectivity index (χ4n) is 3.36. The molecule has 1 N–H and O–H groups in total. The highest BCUT2D eigenvalue weighted by Gasteiger charge is 2.29. The van der Waals surface area contributed by atoms with E-state index in [9.17, 15) is 9.59 Å². The highest BCUT2D eigenvalue weighted by molar-refractivity contribution is 7.17. The molecule has 1 aromatic rings. The number of nitrogens with zero attached hydrogens (tertiary/aromatic N) is 1. The first-order valence-corrected chi connectivity index (χ1v) is 10.7. The van der Waals surface area contributed by atoms with Crippen LogP contribution in [0.1, 0.15) is 67.8 Å². The molecular formula is C20H32N2O3S. The standard InChI is InChI=1S/C20H32N2O3S/c1-5-8-11-22(6-2)13-17(23)21-19-18(20(24)25-7-3)15-10-9-14(4)12-16(15)26-19/h14H,5-13H2,1-4H3,(H,21,23)/t14-/m1/s1. The van der Waals surface area contributed by atoms with Crippen LogP contribution < -0.4 is 5.32 Å². The van der Waals surface area contributed by atoms with Gasteiger partial charge in [0.25, 0.3) is 0 Å². The number of carbonyl (C=O) groups excluding carboxylic acids is 2. The molecule has 1 heterocycles. The predicted octanol–water partition coefficient (Wildman–Crippen LogP) is 4.11. The number of nitrogens with one attached hydrogen (secondary N) is 1. The Morgan fingerprint density at radius 3 is 2.73 bits per heavy atom. The first kappa shape index (κ1) is 20.9. The van der Waals surface area contributed by atoms with E-state index in [0.717, 1.165) is 50.8 Å². The van der Waals surface area contributed by atoms with Gasteiger partial charge in [-0.2, -0.15) is 0 Å². The van der Waals surface area contributed by atoms with E-state index in [1.54, 1.807) is 11.3 Å². The van der Waals surface area contributed by atoms with Crippen molar-refractivity contribution in [2.24, 2.45) is 5.92 Å². The van der Waals surface area contributed by atoms with Crippen LogP contribution in [-0.2, 0) is 22.4 Å². The van der Waals surface area contributed by atoms with Crippen LogP contribution in [0.15, 0.2) is 0 Å². The van der Waals surface area contributed by atoms with E-state index in [4.69, 9.17) is 4.74 Å². The quantitative estimate of drug-likeness (QED) is 0.655. The van der Waals surface area contributed by atoms with Crippen molar-refractivity contribution in [2.45, 2.75) is 59.8 Å². The maximum atomic E-state index is 12.6. The lowest BCUT2D eigenvalue weighted by molar-refractivity contribution is -0.117. The van der Waals surface area contributed by atoms with Crippen LogP contribution >= 0.6 is 11.3 Å². The topological polar surface area (TPSA) is 58.6 Å². The Morgan fingerprint density at radius 2 is 2.08 bits per heavy atom. The largest absolute Gasteiger partial charge is 0.462 e. The summed E-state index contributed by atoms with van der Waals surface area (Å²) in [4.78, 5) is 28.4. The summed E-state index contributed by atoms with van der Waals surface area (Å²) in [5, 5.41) is 3.67. The summed E-state index contributed by atoms with van der Waals surface area (Å²) in [6.07, 6.45) is 5.12. The molecule has 0 spiro atoms. The smallest absolute Gasteiger partial charge is 0.341 e. The van der Waals surface area contributed by atoms with Crippen LogP contribution in [0.5, 0.6) is 0 Å². The summed E-state index contributed by atoms with van der Waals surface area (Å²) in [7, 11) is 0. The van der Waals surface area contributed by atoms with Crippen molar-refractivity contribution in [2.75, 3.05) is 31.6 Å². The molecule has 26 heavy (non-hydrogen) atoms. The van der Waals surface area contributed by atoms with Crippen LogP contribution in [0.4, 0.5) is 5.00 Å². The molecular weight excluding hydrogens is 348 g/mol. The molecule has 0 fully saturated rings. The number of hydrogen-bond donors (Lipinski definition) is 1. The van der Waals surface area contributed by atoms with Crippen molar-refractivity contribution in [1.29, 1.82) is 0 Å². The molecule has 0 saturated carbocycles. The number of rotatable bonds is 9. The van der Waals surface area contributed by atoms with Gasteiger partial charge in [-0.1, -0.05) is 27.2 Å². The number of thiophene rings is 1. The van der Waals surface area contributed by atoms with Crippen LogP contribution in [0, 0.1) is 5.92 Å². The number of amides is 1. The molecule has 1 aliphatic carbocycles. The minimum atomic E-state index is -0.312. The van der Waals surface area contributed by atoms with Gasteiger partial charge in [0, 0.05) is 4.88 Å². The van der Waals surface area contributed by atoms with E-state index < -0.39 is 0 Å². The van der Waals surface area contributed by atoms with Gasteiger partial charge in [0.2, 0.25) is 5.91 Å². The first-order valence-electron chi connectivity index (χ1n) is 9.83. The number of ether oxygens (including phenoxy) is 1. The third-order valence-corrected chi connectivity index (χ3v) is 6.06. The molecule has 0 bridgehead atoms. The van der Waals surface area contributed by atoms with E-state index in [-0.39, 0.29) is 11.9 Å². The molecule has 1 aromatic heterocycles. The Morgan fingerprint density at radius 1 is 1.31 bits per heavy atom. The Hall–Kier alpha value is -1.40. The summed E-state index contributed by atoms with van der Waals surface area (Å²) >= 11 is 1.55. The molecule has 5 nitrogen and oxygen atoms in total. The van der Waals surface area contributed by atoms with Crippen molar-refractivity contribution in [3.05, 3.63) is 16.0 Å². The summed E-state index contributed by atoms with van der Waals surface area (Å²) < 4.78 is 5.26. The van der Waals surface area contributed by atoms with Gasteiger partial charge in [-0.3, -0.25) is 9.69 Å². The SMILES string of the molecule is CCCCN(CC)CC(=O)Nc1sc2c(c1C(=O)OCC)CC[C@@H](C)C2. The van der Waals surface area contributed by atoms with Crippen LogP contribution in [0.2, 0.25) is 0 Å². The average Bonchev–Trinajstić information content (AvgIpc) is 2.95. The zero-order valence-electron chi connectivity index (χ0n) is 16.5. The molecule has 1 aliphatic rings. The third kappa shape index (κ3) is 5.30. The van der Waals surface area contributed by atoms with Crippen molar-refractivity contribution >= 4 is 28.2 Å². The highest BCUT2D eigenvalue weighted by atomic mass is 32.1. The van der Waals surface area contributed by atoms with Crippen molar-refractivity contribution in [1.82, 2.24) is 4.90 Å². The number of esters is 1. The van der Waals surface area contributed by atoms with Crippen LogP contribution in [0.3, 0.4) is 0 Å². The maximum absolute atomic E-state index is 12.6. The minimum absolute atomic E-state index is 0.0554. The number of fused-ring (bicyclic) bond motifs is 1. The molecule has 1 atom stereocenters. The van der Waals surface area contributed by atoms with Gasteiger partial charge in [-0.15, -0.1) is 11.3 Å². The zero-order chi connectivity index (χ0) is 19.1. The molecule has 0 unspecified atom stereocenters. The number of unbranched alkanes of at least 4 members (excludes halogenated alkanes) is 1. The van der Waals surface area contributed by atoms with Gasteiger partial charge < -0.3 is 10.1 Å². The molecule has 1 amide bonds. The van der Waals surface area contributed by atoms with E-state index in [0.29, 0.717) is 29.6 Å². The molecule has 2 rings (SSSR count). The lowest BCUT2D eigenvalue weighted by atomic mass is 9.88. The Labute approximate surface area is 161 Å². The molecule has 0 saturated heterocycles. The monoisotopic (exact) mass is 380 g/mol. The van der Waals surface area contributed by atoms with Gasteiger partial charge in [-0.25, -0.2) is 4.79 Å². The Kier molecular flexibility index (Phi) is 8.10. The van der Waals surface area contributed by atoms with Gasteiger partial charge >= 0.3 is 5.97 Å². The Bertz CT molecular complexity index is 627. The average molecular weight is 381 g/mol. The lowest BCUT2D eigenvalue weighted by Gasteiger charge is -2.19. The number of carbonyl (C=O) groups is 2. The zero-order valence-corrected chi connectivity index (χ0v) is 17.3. The summed E-state index contributed by atoms with van der Waals surface area (Å²) in [5.41, 5.74) is 1.67. The van der Waals surface area contributed by atoms with E-state index in [1.807, 2.05) is 6.92 Å². The second-order valence-electron chi connectivity index (χ2n) is 7.05. The molecule has 0 aromatic carbocycles. The molecule has 0 radical (unpaired) electrons. The molecule has 146 valence electrons. The van der Waals surface area contributed by atoms with Crippen molar-refractivity contribution < 1.29 is 14.3 Å². The fourth-order valence-corrected chi connectivity index (χ4v) is 4.77. The maximum Gasteiger partial charge on any atom is 0.341 e. The minimum Gasteiger partial charge on any atom is -0.462 e. The molecule has 6 heteroatoms. The third-order valence-electron chi connectivity index (χ3n) is 4.89. The van der Waals surface area contributed by atoms with Gasteiger partial charge in [-0.05, 0) is 57.2 Å². The van der Waals surface area contributed by atoms with Crippen LogP contribution in [0.25, 0.3) is 0 Å². The second kappa shape index (κ2) is 10.1. The molecule has 0 aliphatic heterocycles. The fraction of sp³-hybridized carbons (Fsp3) is 0.700. The van der Waals surface area contributed by atoms with E-state index >= 15 is 0 Å². The van der Waals surface area contributed by atoms with Crippen LogP contribution in [-0.4, -0.2) is 43.0 Å². The van der Waals surface area contributed by atoms with Gasteiger partial charge in [0.05, 0.1) is 18.7 Å². The normalized spacial score (nSPS) is 16.4. The first-order chi connectivity index (χ1) is 12.5. The lowest BCUT2D eigenvalue weighted by Crippen LogP contribution is -2.34. The Balaban J connectivity index is 2.17. The van der Waals surface area contributed by atoms with Crippen molar-refractivity contribution in [3.63, 3.8) is 0 Å². The second-order valence-corrected chi connectivity index (χ2v) is 8.15. The van der Waals surface area contributed by atoms with E-state index in [2.05, 4.69) is 31.0 Å². The summed E-state index contributed by atoms with van der Waals surface area (Å²) in [6.45, 7) is 10.7. The van der Waals surface area contributed by atoms with E-state index in [1.165, 1.54) is 4.88 Å². The summed E-state index contributed by atoms with van der Waals surface area (Å²) in [5.74, 6) is 0.248. The number of anilines is 1. The number of likely N-dealkylation sites (N-methyl/N-ethyl adjacent to an activating group) is 1. The van der Waals surface area contributed by atoms with Gasteiger partial charge in [0.15, 0.2) is 0 Å². The van der Waals surface area contributed by atoms with Crippen molar-refractivity contribution in [3.8, 4) is 0 Å². The summed E-state index contributed by atoms with van der Waals surface area (Å²) in [6, 6.07) is 0. The van der Waals surface area contributed by atoms with Gasteiger partial charge in [0.1, 0.15) is 5.00 Å². The predicted molar refractivity (Wildman–Crippen MR) is 107 cm³/mol.